The maximum Gasteiger partial charge on any atom is 0.103 e. The molecule has 0 unspecified atom stereocenters. The van der Waals surface area contributed by atoms with E-state index in [0.29, 0.717) is 5.56 Å². The first-order valence-corrected chi connectivity index (χ1v) is 5.64. The smallest absolute Gasteiger partial charge is 0.103 e. The van der Waals surface area contributed by atoms with Crippen LogP contribution < -0.4 is 0 Å². The number of benzene rings is 1. The van der Waals surface area contributed by atoms with E-state index >= 15 is 0 Å². The fraction of sp³-hybridized carbons (Fsp3) is 0.167. The molecule has 0 aliphatic heterocycles. The summed E-state index contributed by atoms with van der Waals surface area (Å²) in [5.74, 6) is 0. The number of aryl methyl sites for hydroxylation is 1. The second kappa shape index (κ2) is 4.11. The standard InChI is InChI=1S/C12H10BrN3/c1-8-5-11(13)3-4-12(8)16-9(2)10(6-14)7-15-16/h3-5,7H,1-2H3. The molecule has 4 heteroatoms. The number of nitriles is 1. The molecule has 2 aromatic rings. The summed E-state index contributed by atoms with van der Waals surface area (Å²) >= 11 is 3.42. The Labute approximate surface area is 102 Å². The minimum absolute atomic E-state index is 0.613. The second-order valence-electron chi connectivity index (χ2n) is 3.60. The molecule has 2 rings (SSSR count). The molecule has 3 nitrogen and oxygen atoms in total. The van der Waals surface area contributed by atoms with Crippen LogP contribution >= 0.6 is 15.9 Å². The molecule has 1 heterocycles. The molecule has 1 aromatic carbocycles. The van der Waals surface area contributed by atoms with Gasteiger partial charge in [-0.15, -0.1) is 0 Å². The van der Waals surface area contributed by atoms with Gasteiger partial charge in [-0.25, -0.2) is 4.68 Å². The first-order chi connectivity index (χ1) is 7.63. The third-order valence-electron chi connectivity index (χ3n) is 2.52. The normalized spacial score (nSPS) is 10.1. The van der Waals surface area contributed by atoms with E-state index in [0.717, 1.165) is 21.4 Å². The molecule has 0 N–H and O–H groups in total. The van der Waals surface area contributed by atoms with Crippen molar-refractivity contribution in [3.8, 4) is 11.8 Å². The van der Waals surface area contributed by atoms with Crippen molar-refractivity contribution in [3.63, 3.8) is 0 Å². The van der Waals surface area contributed by atoms with Gasteiger partial charge in [0.15, 0.2) is 0 Å². The van der Waals surface area contributed by atoms with Crippen molar-refractivity contribution in [2.24, 2.45) is 0 Å². The van der Waals surface area contributed by atoms with Crippen molar-refractivity contribution < 1.29 is 0 Å². The SMILES string of the molecule is Cc1cc(Br)ccc1-n1ncc(C#N)c1C. The molecule has 0 saturated heterocycles. The Bertz CT molecular complexity index is 578. The van der Waals surface area contributed by atoms with Gasteiger partial charge in [0.2, 0.25) is 0 Å². The predicted molar refractivity (Wildman–Crippen MR) is 65.5 cm³/mol. The van der Waals surface area contributed by atoms with Gasteiger partial charge in [-0.3, -0.25) is 0 Å². The summed E-state index contributed by atoms with van der Waals surface area (Å²) in [6, 6.07) is 8.11. The highest BCUT2D eigenvalue weighted by atomic mass is 79.9. The van der Waals surface area contributed by atoms with Gasteiger partial charge in [0.25, 0.3) is 0 Å². The van der Waals surface area contributed by atoms with E-state index in [1.807, 2.05) is 32.0 Å². The zero-order chi connectivity index (χ0) is 11.7. The Morgan fingerprint density at radius 3 is 2.69 bits per heavy atom. The van der Waals surface area contributed by atoms with E-state index in [1.165, 1.54) is 0 Å². The molecule has 0 aliphatic rings. The fourth-order valence-corrected chi connectivity index (χ4v) is 2.09. The van der Waals surface area contributed by atoms with Gasteiger partial charge in [0.1, 0.15) is 6.07 Å². The minimum Gasteiger partial charge on any atom is -0.236 e. The van der Waals surface area contributed by atoms with Crippen LogP contribution in [0, 0.1) is 25.2 Å². The number of hydrogen-bond donors (Lipinski definition) is 0. The van der Waals surface area contributed by atoms with Crippen LogP contribution in [0.25, 0.3) is 5.69 Å². The van der Waals surface area contributed by atoms with E-state index in [2.05, 4.69) is 27.1 Å². The van der Waals surface area contributed by atoms with Gasteiger partial charge in [-0.1, -0.05) is 15.9 Å². The zero-order valence-electron chi connectivity index (χ0n) is 9.03. The number of rotatable bonds is 1. The summed E-state index contributed by atoms with van der Waals surface area (Å²) < 4.78 is 2.83. The average Bonchev–Trinajstić information content (AvgIpc) is 2.60. The van der Waals surface area contributed by atoms with Crippen LogP contribution in [0.15, 0.2) is 28.9 Å². The van der Waals surface area contributed by atoms with Crippen LogP contribution in [0.3, 0.4) is 0 Å². The number of nitrogens with zero attached hydrogens (tertiary/aromatic N) is 3. The van der Waals surface area contributed by atoms with Crippen LogP contribution in [-0.4, -0.2) is 9.78 Å². The van der Waals surface area contributed by atoms with Gasteiger partial charge in [-0.2, -0.15) is 10.4 Å². The van der Waals surface area contributed by atoms with E-state index in [-0.39, 0.29) is 0 Å². The topological polar surface area (TPSA) is 41.6 Å². The molecular formula is C12H10BrN3. The Balaban J connectivity index is 2.60. The van der Waals surface area contributed by atoms with E-state index in [4.69, 9.17) is 5.26 Å². The molecule has 0 radical (unpaired) electrons. The Kier molecular flexibility index (Phi) is 2.80. The maximum absolute atomic E-state index is 8.88. The van der Waals surface area contributed by atoms with E-state index in [9.17, 15) is 0 Å². The molecule has 0 atom stereocenters. The summed E-state index contributed by atoms with van der Waals surface area (Å²) in [6.45, 7) is 3.92. The molecule has 1 aromatic heterocycles. The number of hydrogen-bond acceptors (Lipinski definition) is 2. The third-order valence-corrected chi connectivity index (χ3v) is 3.01. The van der Waals surface area contributed by atoms with Crippen molar-refractivity contribution in [2.45, 2.75) is 13.8 Å². The molecule has 16 heavy (non-hydrogen) atoms. The van der Waals surface area contributed by atoms with E-state index in [1.54, 1.807) is 10.9 Å². The van der Waals surface area contributed by atoms with Crippen LogP contribution in [0.2, 0.25) is 0 Å². The first-order valence-electron chi connectivity index (χ1n) is 4.84. The summed E-state index contributed by atoms with van der Waals surface area (Å²) in [5.41, 5.74) is 3.60. The molecule has 0 fully saturated rings. The van der Waals surface area contributed by atoms with Crippen LogP contribution in [-0.2, 0) is 0 Å². The highest BCUT2D eigenvalue weighted by Gasteiger charge is 2.09. The van der Waals surface area contributed by atoms with Gasteiger partial charge < -0.3 is 0 Å². The lowest BCUT2D eigenvalue weighted by Crippen LogP contribution is -2.01. The van der Waals surface area contributed by atoms with Gasteiger partial charge >= 0.3 is 0 Å². The Morgan fingerprint density at radius 1 is 1.38 bits per heavy atom. The van der Waals surface area contributed by atoms with Gasteiger partial charge in [0, 0.05) is 4.47 Å². The Morgan fingerprint density at radius 2 is 2.12 bits per heavy atom. The third kappa shape index (κ3) is 1.74. The lowest BCUT2D eigenvalue weighted by Gasteiger charge is -2.08. The van der Waals surface area contributed by atoms with Crippen molar-refractivity contribution >= 4 is 15.9 Å². The van der Waals surface area contributed by atoms with Crippen LogP contribution in [0.5, 0.6) is 0 Å². The average molecular weight is 276 g/mol. The summed E-state index contributed by atoms with van der Waals surface area (Å²) in [6.07, 6.45) is 1.59. The molecule has 0 bridgehead atoms. The fourth-order valence-electron chi connectivity index (χ4n) is 1.62. The lowest BCUT2D eigenvalue weighted by atomic mass is 10.2. The number of aromatic nitrogens is 2. The van der Waals surface area contributed by atoms with Crippen molar-refractivity contribution in [1.29, 1.82) is 5.26 Å². The quantitative estimate of drug-likeness (QED) is 0.803. The summed E-state index contributed by atoms with van der Waals surface area (Å²) in [7, 11) is 0. The Hall–Kier alpha value is -1.60. The second-order valence-corrected chi connectivity index (χ2v) is 4.51. The molecule has 80 valence electrons. The lowest BCUT2D eigenvalue weighted by molar-refractivity contribution is 0.839. The van der Waals surface area contributed by atoms with Crippen LogP contribution in [0.4, 0.5) is 0 Å². The maximum atomic E-state index is 8.88. The summed E-state index contributed by atoms with van der Waals surface area (Å²) in [4.78, 5) is 0. The van der Waals surface area contributed by atoms with Gasteiger partial charge in [-0.05, 0) is 37.6 Å². The predicted octanol–water partition coefficient (Wildman–Crippen LogP) is 3.12. The molecular weight excluding hydrogens is 266 g/mol. The molecule has 0 amide bonds. The van der Waals surface area contributed by atoms with Crippen molar-refractivity contribution in [2.75, 3.05) is 0 Å². The van der Waals surface area contributed by atoms with Crippen molar-refractivity contribution in [1.82, 2.24) is 9.78 Å². The molecule has 0 aliphatic carbocycles. The number of halogens is 1. The summed E-state index contributed by atoms with van der Waals surface area (Å²) in [5, 5.41) is 13.1. The van der Waals surface area contributed by atoms with Crippen LogP contribution in [0.1, 0.15) is 16.8 Å². The minimum atomic E-state index is 0.613. The highest BCUT2D eigenvalue weighted by Crippen LogP contribution is 2.21. The highest BCUT2D eigenvalue weighted by molar-refractivity contribution is 9.10. The van der Waals surface area contributed by atoms with Gasteiger partial charge in [0.05, 0.1) is 23.1 Å². The first kappa shape index (κ1) is 10.9. The van der Waals surface area contributed by atoms with Crippen molar-refractivity contribution in [3.05, 3.63) is 45.7 Å². The molecule has 0 saturated carbocycles. The molecule has 0 spiro atoms. The monoisotopic (exact) mass is 275 g/mol. The largest absolute Gasteiger partial charge is 0.236 e. The zero-order valence-corrected chi connectivity index (χ0v) is 10.6. The van der Waals surface area contributed by atoms with E-state index < -0.39 is 0 Å².